The van der Waals surface area contributed by atoms with Gasteiger partial charge in [-0.2, -0.15) is 0 Å². The molecule has 0 radical (unpaired) electrons. The van der Waals surface area contributed by atoms with Crippen LogP contribution < -0.4 is 14.8 Å². The summed E-state index contributed by atoms with van der Waals surface area (Å²) in [4.78, 5) is 41.9. The van der Waals surface area contributed by atoms with Crippen LogP contribution in [0.3, 0.4) is 0 Å². The average Bonchev–Trinajstić information content (AvgIpc) is 3.41. The Bertz CT molecular complexity index is 1180. The molecule has 0 aliphatic carbocycles. The first kappa shape index (κ1) is 23.1. The first-order valence-electron chi connectivity index (χ1n) is 11.6. The van der Waals surface area contributed by atoms with E-state index in [-0.39, 0.29) is 30.7 Å². The van der Waals surface area contributed by atoms with Gasteiger partial charge in [-0.05, 0) is 55.0 Å². The summed E-state index contributed by atoms with van der Waals surface area (Å²) in [6.45, 7) is 2.72. The second-order valence-electron chi connectivity index (χ2n) is 9.06. The van der Waals surface area contributed by atoms with Crippen molar-refractivity contribution in [1.29, 1.82) is 0 Å². The minimum absolute atomic E-state index is 0.0497. The lowest BCUT2D eigenvalue weighted by atomic mass is 9.75. The van der Waals surface area contributed by atoms with Gasteiger partial charge in [0.1, 0.15) is 17.2 Å². The van der Waals surface area contributed by atoms with E-state index in [0.29, 0.717) is 43.9 Å². The predicted molar refractivity (Wildman–Crippen MR) is 120 cm³/mol. The largest absolute Gasteiger partial charge is 0.454 e. The number of nitrogens with zero attached hydrogens (tertiary/aromatic N) is 2. The zero-order valence-electron chi connectivity index (χ0n) is 19.2. The van der Waals surface area contributed by atoms with E-state index in [9.17, 15) is 23.2 Å². The Hall–Kier alpha value is -3.69. The van der Waals surface area contributed by atoms with E-state index in [1.807, 2.05) is 6.92 Å². The molecule has 8 nitrogen and oxygen atoms in total. The maximum Gasteiger partial charge on any atom is 0.325 e. The predicted octanol–water partition coefficient (Wildman–Crippen LogP) is 3.45. The van der Waals surface area contributed by atoms with Crippen molar-refractivity contribution < 1.29 is 32.6 Å². The fraction of sp³-hybridized carbons (Fsp3) is 0.400. The number of likely N-dealkylation sites (tertiary alicyclic amines) is 1. The van der Waals surface area contributed by atoms with Crippen molar-refractivity contribution in [2.45, 2.75) is 38.3 Å². The van der Waals surface area contributed by atoms with Gasteiger partial charge in [-0.3, -0.25) is 14.5 Å². The molecule has 184 valence electrons. The minimum atomic E-state index is -1.06. The van der Waals surface area contributed by atoms with E-state index in [1.54, 1.807) is 18.2 Å². The Labute approximate surface area is 200 Å². The molecule has 2 fully saturated rings. The molecule has 2 aromatic rings. The van der Waals surface area contributed by atoms with Crippen LogP contribution in [-0.2, 0) is 11.3 Å². The summed E-state index contributed by atoms with van der Waals surface area (Å²) >= 11 is 0. The summed E-state index contributed by atoms with van der Waals surface area (Å²) in [5, 5.41) is 2.93. The van der Waals surface area contributed by atoms with Crippen LogP contribution in [0.4, 0.5) is 13.6 Å². The molecule has 2 saturated heterocycles. The number of carbonyl (C=O) groups is 3. The molecule has 3 heterocycles. The third-order valence-corrected chi connectivity index (χ3v) is 7.13. The van der Waals surface area contributed by atoms with Gasteiger partial charge in [-0.25, -0.2) is 13.6 Å². The van der Waals surface area contributed by atoms with E-state index >= 15 is 0 Å². The summed E-state index contributed by atoms with van der Waals surface area (Å²) in [5.41, 5.74) is -0.369. The maximum absolute atomic E-state index is 13.5. The molecule has 3 aliphatic heterocycles. The van der Waals surface area contributed by atoms with Crippen LogP contribution in [0.2, 0.25) is 0 Å². The molecule has 0 bridgehead atoms. The van der Waals surface area contributed by atoms with E-state index in [0.717, 1.165) is 23.8 Å². The first-order valence-corrected chi connectivity index (χ1v) is 11.6. The highest BCUT2D eigenvalue weighted by Crippen LogP contribution is 2.38. The van der Waals surface area contributed by atoms with E-state index in [4.69, 9.17) is 9.47 Å². The molecular weight excluding hydrogens is 460 g/mol. The number of fused-ring (bicyclic) bond motifs is 1. The van der Waals surface area contributed by atoms with Crippen molar-refractivity contribution in [3.63, 3.8) is 0 Å². The van der Waals surface area contributed by atoms with Gasteiger partial charge in [0.2, 0.25) is 6.79 Å². The Morgan fingerprint density at radius 3 is 2.43 bits per heavy atom. The molecular formula is C25H25F2N3O5. The highest BCUT2D eigenvalue weighted by atomic mass is 19.1. The molecule has 35 heavy (non-hydrogen) atoms. The Morgan fingerprint density at radius 1 is 1.06 bits per heavy atom. The quantitative estimate of drug-likeness (QED) is 0.656. The zero-order valence-corrected chi connectivity index (χ0v) is 19.2. The van der Waals surface area contributed by atoms with Crippen molar-refractivity contribution in [2.24, 2.45) is 5.92 Å². The van der Waals surface area contributed by atoms with Crippen LogP contribution in [-0.4, -0.2) is 53.1 Å². The van der Waals surface area contributed by atoms with Crippen LogP contribution in [0.15, 0.2) is 36.4 Å². The Morgan fingerprint density at radius 2 is 1.74 bits per heavy atom. The number of piperidine rings is 1. The van der Waals surface area contributed by atoms with Crippen molar-refractivity contribution >= 4 is 17.8 Å². The number of hydrogen-bond donors (Lipinski definition) is 1. The van der Waals surface area contributed by atoms with Gasteiger partial charge < -0.3 is 19.7 Å². The molecule has 10 heteroatoms. The van der Waals surface area contributed by atoms with Crippen molar-refractivity contribution in [3.05, 3.63) is 59.2 Å². The third kappa shape index (κ3) is 4.06. The number of imide groups is 1. The molecule has 0 aromatic heterocycles. The first-order chi connectivity index (χ1) is 16.8. The SMILES string of the molecule is CCC1(C2CCN(C(=O)c3cc(F)cc(F)c3)CC2)NC(=O)N(Cc2ccc3c(c2)OCO3)C1=O. The average molecular weight is 485 g/mol. The number of halogens is 2. The number of benzene rings is 2. The number of amides is 4. The standard InChI is InChI=1S/C25H25F2N3O5/c1-2-25(17-5-7-29(8-6-17)22(31)16-10-18(26)12-19(27)11-16)23(32)30(24(33)28-25)13-15-3-4-20-21(9-15)35-14-34-20/h3-4,9-12,17H,2,5-8,13-14H2,1H3,(H,28,33). The molecule has 3 aliphatic rings. The molecule has 0 saturated carbocycles. The van der Waals surface area contributed by atoms with Crippen LogP contribution in [0.25, 0.3) is 0 Å². The highest BCUT2D eigenvalue weighted by molar-refractivity contribution is 6.07. The number of nitrogens with one attached hydrogen (secondary N) is 1. The normalized spacial score (nSPS) is 22.0. The minimum Gasteiger partial charge on any atom is -0.454 e. The van der Waals surface area contributed by atoms with Gasteiger partial charge >= 0.3 is 6.03 Å². The lowest BCUT2D eigenvalue weighted by Gasteiger charge is -2.40. The van der Waals surface area contributed by atoms with E-state index in [2.05, 4.69) is 5.32 Å². The van der Waals surface area contributed by atoms with E-state index in [1.165, 1.54) is 9.80 Å². The van der Waals surface area contributed by atoms with Crippen molar-refractivity contribution in [3.8, 4) is 11.5 Å². The summed E-state index contributed by atoms with van der Waals surface area (Å²) in [6.07, 6.45) is 1.35. The number of hydrogen-bond acceptors (Lipinski definition) is 5. The van der Waals surface area contributed by atoms with Crippen LogP contribution >= 0.6 is 0 Å². The van der Waals surface area contributed by atoms with E-state index < -0.39 is 29.1 Å². The second-order valence-corrected chi connectivity index (χ2v) is 9.06. The topological polar surface area (TPSA) is 88.2 Å². The molecule has 1 atom stereocenters. The van der Waals surface area contributed by atoms with Crippen molar-refractivity contribution in [1.82, 2.24) is 15.1 Å². The van der Waals surface area contributed by atoms with Crippen LogP contribution in [0.1, 0.15) is 42.1 Å². The molecule has 1 N–H and O–H groups in total. The summed E-state index contributed by atoms with van der Waals surface area (Å²) < 4.78 is 37.8. The van der Waals surface area contributed by atoms with Gasteiger partial charge in [0.05, 0.1) is 6.54 Å². The molecule has 4 amide bonds. The van der Waals surface area contributed by atoms with Gasteiger partial charge in [0.25, 0.3) is 11.8 Å². The molecule has 5 rings (SSSR count). The number of ether oxygens (including phenoxy) is 2. The Kier molecular flexibility index (Phi) is 5.82. The summed E-state index contributed by atoms with van der Waals surface area (Å²) in [5.74, 6) is -1.36. The van der Waals surface area contributed by atoms with Crippen LogP contribution in [0, 0.1) is 17.6 Å². The van der Waals surface area contributed by atoms with Crippen molar-refractivity contribution in [2.75, 3.05) is 19.9 Å². The molecule has 0 spiro atoms. The fourth-order valence-corrected chi connectivity index (χ4v) is 5.25. The summed E-state index contributed by atoms with van der Waals surface area (Å²) in [6, 6.07) is 7.59. The maximum atomic E-state index is 13.5. The smallest absolute Gasteiger partial charge is 0.325 e. The lowest BCUT2D eigenvalue weighted by molar-refractivity contribution is -0.134. The van der Waals surface area contributed by atoms with Gasteiger partial charge in [-0.1, -0.05) is 13.0 Å². The van der Waals surface area contributed by atoms with Gasteiger partial charge in [0.15, 0.2) is 11.5 Å². The number of rotatable bonds is 5. The number of urea groups is 1. The lowest BCUT2D eigenvalue weighted by Crippen LogP contribution is -2.56. The third-order valence-electron chi connectivity index (χ3n) is 7.13. The number of carbonyl (C=O) groups excluding carboxylic acids is 3. The highest BCUT2D eigenvalue weighted by Gasteiger charge is 2.55. The summed E-state index contributed by atoms with van der Waals surface area (Å²) in [7, 11) is 0. The molecule has 2 aromatic carbocycles. The second kappa shape index (κ2) is 8.83. The Balaban J connectivity index is 1.28. The van der Waals surface area contributed by atoms with Crippen LogP contribution in [0.5, 0.6) is 11.5 Å². The fourth-order valence-electron chi connectivity index (χ4n) is 5.25. The molecule has 1 unspecified atom stereocenters. The monoisotopic (exact) mass is 485 g/mol. The zero-order chi connectivity index (χ0) is 24.7. The van der Waals surface area contributed by atoms with Gasteiger partial charge in [-0.15, -0.1) is 0 Å². The van der Waals surface area contributed by atoms with Gasteiger partial charge in [0, 0.05) is 24.7 Å².